The molecule has 1 aliphatic heterocycles. The normalized spacial score (nSPS) is 23.4. The number of halogens is 1. The molecule has 1 aromatic rings. The lowest BCUT2D eigenvalue weighted by Gasteiger charge is -2.34. The number of piperidine rings is 1. The lowest BCUT2D eigenvalue weighted by molar-refractivity contribution is 0.253. The van der Waals surface area contributed by atoms with E-state index in [0.29, 0.717) is 11.3 Å². The summed E-state index contributed by atoms with van der Waals surface area (Å²) in [6, 6.07) is 6.46. The molecule has 0 aromatic heterocycles. The van der Waals surface area contributed by atoms with Gasteiger partial charge in [-0.3, -0.25) is 0 Å². The highest BCUT2D eigenvalue weighted by molar-refractivity contribution is 5.48. The lowest BCUT2D eigenvalue weighted by Crippen LogP contribution is -2.42. The van der Waals surface area contributed by atoms with Gasteiger partial charge < -0.3 is 10.6 Å². The van der Waals surface area contributed by atoms with Crippen molar-refractivity contribution in [2.45, 2.75) is 19.8 Å². The summed E-state index contributed by atoms with van der Waals surface area (Å²) in [5, 5.41) is 15.2. The van der Waals surface area contributed by atoms with Crippen LogP contribution in [0.4, 0.5) is 10.1 Å². The fourth-order valence-electron chi connectivity index (χ4n) is 2.31. The summed E-state index contributed by atoms with van der Waals surface area (Å²) in [6.45, 7) is 4.97. The number of rotatable bonds is 3. The van der Waals surface area contributed by atoms with E-state index in [-0.39, 0.29) is 11.2 Å². The average Bonchev–Trinajstić information content (AvgIpc) is 2.38. The SMILES string of the molecule is CC1(CNc2ccc(C#N)cc2F)CCCNC1. The van der Waals surface area contributed by atoms with Crippen molar-refractivity contribution in [3.05, 3.63) is 29.6 Å². The molecule has 1 saturated heterocycles. The van der Waals surface area contributed by atoms with Gasteiger partial charge in [0.25, 0.3) is 0 Å². The number of hydrogen-bond donors (Lipinski definition) is 2. The van der Waals surface area contributed by atoms with Crippen LogP contribution in [0.25, 0.3) is 0 Å². The van der Waals surface area contributed by atoms with Crippen LogP contribution in [0.5, 0.6) is 0 Å². The Morgan fingerprint density at radius 2 is 2.39 bits per heavy atom. The van der Waals surface area contributed by atoms with Gasteiger partial charge in [-0.1, -0.05) is 6.92 Å². The predicted molar refractivity (Wildman–Crippen MR) is 69.8 cm³/mol. The summed E-state index contributed by atoms with van der Waals surface area (Å²) in [7, 11) is 0. The van der Waals surface area contributed by atoms with Crippen molar-refractivity contribution >= 4 is 5.69 Å². The molecule has 2 N–H and O–H groups in total. The maximum atomic E-state index is 13.7. The Labute approximate surface area is 107 Å². The van der Waals surface area contributed by atoms with Crippen LogP contribution in [-0.4, -0.2) is 19.6 Å². The maximum Gasteiger partial charge on any atom is 0.147 e. The fraction of sp³-hybridized carbons (Fsp3) is 0.500. The Hall–Kier alpha value is -1.60. The monoisotopic (exact) mass is 247 g/mol. The Morgan fingerprint density at radius 1 is 1.56 bits per heavy atom. The first kappa shape index (κ1) is 12.8. The molecule has 1 aliphatic rings. The van der Waals surface area contributed by atoms with Gasteiger partial charge in [-0.05, 0) is 43.0 Å². The standard InChI is InChI=1S/C14H18FN3/c1-14(5-2-6-17-9-14)10-18-13-4-3-11(8-16)7-12(13)15/h3-4,7,17-18H,2,5-6,9-10H2,1H3. The first-order valence-corrected chi connectivity index (χ1v) is 6.27. The minimum absolute atomic E-state index is 0.165. The Morgan fingerprint density at radius 3 is 3.00 bits per heavy atom. The van der Waals surface area contributed by atoms with Crippen molar-refractivity contribution in [2.24, 2.45) is 5.41 Å². The minimum atomic E-state index is -0.360. The van der Waals surface area contributed by atoms with E-state index in [0.717, 1.165) is 32.5 Å². The Bertz CT molecular complexity index is 459. The third-order valence-electron chi connectivity index (χ3n) is 3.49. The average molecular weight is 247 g/mol. The molecule has 4 heteroatoms. The van der Waals surface area contributed by atoms with Crippen LogP contribution in [0, 0.1) is 22.6 Å². The number of hydrogen-bond acceptors (Lipinski definition) is 3. The number of nitrogens with zero attached hydrogens (tertiary/aromatic N) is 1. The Balaban J connectivity index is 2.00. The highest BCUT2D eigenvalue weighted by Gasteiger charge is 2.26. The molecule has 96 valence electrons. The molecule has 1 atom stereocenters. The van der Waals surface area contributed by atoms with E-state index in [1.165, 1.54) is 6.07 Å². The predicted octanol–water partition coefficient (Wildman–Crippen LogP) is 2.50. The summed E-state index contributed by atoms with van der Waals surface area (Å²) < 4.78 is 13.7. The van der Waals surface area contributed by atoms with Crippen LogP contribution in [0.15, 0.2) is 18.2 Å². The van der Waals surface area contributed by atoms with Crippen molar-refractivity contribution in [1.29, 1.82) is 5.26 Å². The molecule has 0 radical (unpaired) electrons. The second kappa shape index (κ2) is 5.36. The van der Waals surface area contributed by atoms with E-state index in [4.69, 9.17) is 5.26 Å². The van der Waals surface area contributed by atoms with Crippen LogP contribution >= 0.6 is 0 Å². The molecular formula is C14H18FN3. The quantitative estimate of drug-likeness (QED) is 0.862. The number of anilines is 1. The first-order valence-electron chi connectivity index (χ1n) is 6.27. The van der Waals surface area contributed by atoms with E-state index in [1.54, 1.807) is 12.1 Å². The third kappa shape index (κ3) is 2.99. The van der Waals surface area contributed by atoms with Crippen LogP contribution in [0.3, 0.4) is 0 Å². The number of benzene rings is 1. The lowest BCUT2D eigenvalue weighted by atomic mass is 9.83. The molecule has 1 unspecified atom stereocenters. The van der Waals surface area contributed by atoms with E-state index < -0.39 is 0 Å². The second-order valence-corrected chi connectivity index (χ2v) is 5.25. The van der Waals surface area contributed by atoms with Crippen LogP contribution in [0.2, 0.25) is 0 Å². The summed E-state index contributed by atoms with van der Waals surface area (Å²) in [6.07, 6.45) is 2.30. The van der Waals surface area contributed by atoms with Crippen molar-refractivity contribution < 1.29 is 4.39 Å². The van der Waals surface area contributed by atoms with E-state index in [1.807, 2.05) is 6.07 Å². The molecule has 1 aromatic carbocycles. The fourth-order valence-corrected chi connectivity index (χ4v) is 2.31. The summed E-state index contributed by atoms with van der Waals surface area (Å²) in [4.78, 5) is 0. The molecule has 0 aliphatic carbocycles. The topological polar surface area (TPSA) is 47.9 Å². The van der Waals surface area contributed by atoms with Gasteiger partial charge in [0.2, 0.25) is 0 Å². The molecule has 3 nitrogen and oxygen atoms in total. The zero-order chi connectivity index (χ0) is 13.0. The van der Waals surface area contributed by atoms with Crippen molar-refractivity contribution in [3.63, 3.8) is 0 Å². The molecule has 2 rings (SSSR count). The van der Waals surface area contributed by atoms with Gasteiger partial charge in [-0.15, -0.1) is 0 Å². The summed E-state index contributed by atoms with van der Waals surface area (Å²) in [5.74, 6) is -0.360. The van der Waals surface area contributed by atoms with Gasteiger partial charge >= 0.3 is 0 Å². The van der Waals surface area contributed by atoms with Gasteiger partial charge in [-0.25, -0.2) is 4.39 Å². The zero-order valence-electron chi connectivity index (χ0n) is 10.6. The zero-order valence-corrected chi connectivity index (χ0v) is 10.6. The van der Waals surface area contributed by atoms with Gasteiger partial charge in [0.05, 0.1) is 17.3 Å². The molecule has 18 heavy (non-hydrogen) atoms. The van der Waals surface area contributed by atoms with Crippen molar-refractivity contribution in [1.82, 2.24) is 5.32 Å². The van der Waals surface area contributed by atoms with Crippen LogP contribution in [0.1, 0.15) is 25.3 Å². The second-order valence-electron chi connectivity index (χ2n) is 5.25. The molecule has 0 amide bonds. The first-order chi connectivity index (χ1) is 8.63. The van der Waals surface area contributed by atoms with Gasteiger partial charge in [-0.2, -0.15) is 5.26 Å². The van der Waals surface area contributed by atoms with Gasteiger partial charge in [0.15, 0.2) is 0 Å². The number of nitriles is 1. The van der Waals surface area contributed by atoms with E-state index in [2.05, 4.69) is 17.6 Å². The highest BCUT2D eigenvalue weighted by Crippen LogP contribution is 2.26. The molecule has 1 heterocycles. The van der Waals surface area contributed by atoms with Gasteiger partial charge in [0, 0.05) is 13.1 Å². The molecule has 0 spiro atoms. The highest BCUT2D eigenvalue weighted by atomic mass is 19.1. The smallest absolute Gasteiger partial charge is 0.147 e. The molecule has 1 fully saturated rings. The third-order valence-corrected chi connectivity index (χ3v) is 3.49. The molecule has 0 saturated carbocycles. The molecule has 0 bridgehead atoms. The van der Waals surface area contributed by atoms with Crippen LogP contribution in [-0.2, 0) is 0 Å². The van der Waals surface area contributed by atoms with E-state index >= 15 is 0 Å². The van der Waals surface area contributed by atoms with Gasteiger partial charge in [0.1, 0.15) is 5.82 Å². The largest absolute Gasteiger partial charge is 0.382 e. The molecular weight excluding hydrogens is 229 g/mol. The van der Waals surface area contributed by atoms with Crippen molar-refractivity contribution in [3.8, 4) is 6.07 Å². The van der Waals surface area contributed by atoms with Crippen LogP contribution < -0.4 is 10.6 Å². The maximum absolute atomic E-state index is 13.7. The summed E-state index contributed by atoms with van der Waals surface area (Å²) >= 11 is 0. The van der Waals surface area contributed by atoms with Crippen molar-refractivity contribution in [2.75, 3.05) is 25.0 Å². The van der Waals surface area contributed by atoms with E-state index in [9.17, 15) is 4.39 Å². The summed E-state index contributed by atoms with van der Waals surface area (Å²) in [5.41, 5.74) is 0.989. The minimum Gasteiger partial charge on any atom is -0.382 e. The Kier molecular flexibility index (Phi) is 3.83. The number of nitrogens with one attached hydrogen (secondary N) is 2.